The van der Waals surface area contributed by atoms with Crippen molar-refractivity contribution in [3.05, 3.63) is 58.5 Å². The van der Waals surface area contributed by atoms with Gasteiger partial charge in [-0.3, -0.25) is 9.20 Å². The highest BCUT2D eigenvalue weighted by atomic mass is 79.9. The zero-order chi connectivity index (χ0) is 19.9. The smallest absolute Gasteiger partial charge is 0.243 e. The Bertz CT molecular complexity index is 999. The Hall–Kier alpha value is -2.94. The number of amides is 1. The second kappa shape index (κ2) is 9.32. The van der Waals surface area contributed by atoms with E-state index in [0.29, 0.717) is 19.0 Å². The van der Waals surface area contributed by atoms with E-state index in [-0.39, 0.29) is 12.5 Å². The summed E-state index contributed by atoms with van der Waals surface area (Å²) in [7, 11) is 0. The van der Waals surface area contributed by atoms with E-state index in [1.165, 1.54) is 0 Å². The molecule has 0 aliphatic heterocycles. The molecule has 0 saturated carbocycles. The van der Waals surface area contributed by atoms with Crippen molar-refractivity contribution >= 4 is 39.1 Å². The molecule has 9 heteroatoms. The standard InChI is InChI=1S/C19H22BrN7O/c1-3-21-19(22-11-17-26-25-16-6-4-5-9-27(16)17)23-12-18(28)24-15-10-14(20)8-7-13(15)2/h4-10H,3,11-12H2,1-2H3,(H,24,28)(H2,21,22,23). The number of aliphatic imine (C=N–C) groups is 1. The van der Waals surface area contributed by atoms with Crippen molar-refractivity contribution in [1.29, 1.82) is 0 Å². The van der Waals surface area contributed by atoms with E-state index in [4.69, 9.17) is 0 Å². The maximum atomic E-state index is 12.3. The Morgan fingerprint density at radius 2 is 2.07 bits per heavy atom. The molecule has 2 aromatic heterocycles. The number of carbonyl (C=O) groups excluding carboxylic acids is 1. The fourth-order valence-electron chi connectivity index (χ4n) is 2.58. The molecule has 1 aromatic carbocycles. The zero-order valence-corrected chi connectivity index (χ0v) is 17.3. The van der Waals surface area contributed by atoms with Gasteiger partial charge >= 0.3 is 0 Å². The molecule has 0 aliphatic rings. The number of anilines is 1. The molecule has 1 amide bonds. The highest BCUT2D eigenvalue weighted by molar-refractivity contribution is 9.10. The third-order valence-electron chi connectivity index (χ3n) is 4.00. The number of pyridine rings is 1. The van der Waals surface area contributed by atoms with Gasteiger partial charge in [0, 0.05) is 22.9 Å². The van der Waals surface area contributed by atoms with Gasteiger partial charge in [-0.25, -0.2) is 4.99 Å². The highest BCUT2D eigenvalue weighted by Crippen LogP contribution is 2.20. The van der Waals surface area contributed by atoms with Crippen LogP contribution in [0.25, 0.3) is 5.65 Å². The molecule has 0 unspecified atom stereocenters. The molecule has 0 spiro atoms. The number of fused-ring (bicyclic) bond motifs is 1. The number of aryl methyl sites for hydroxylation is 1. The molecule has 0 fully saturated rings. The van der Waals surface area contributed by atoms with Crippen LogP contribution in [0.15, 0.2) is 52.1 Å². The lowest BCUT2D eigenvalue weighted by atomic mass is 10.2. The molecule has 0 aliphatic carbocycles. The van der Waals surface area contributed by atoms with Crippen LogP contribution in [0.3, 0.4) is 0 Å². The molecular weight excluding hydrogens is 422 g/mol. The van der Waals surface area contributed by atoms with Crippen LogP contribution in [-0.4, -0.2) is 39.6 Å². The lowest BCUT2D eigenvalue weighted by Gasteiger charge is -2.12. The molecule has 146 valence electrons. The van der Waals surface area contributed by atoms with Crippen molar-refractivity contribution in [3.63, 3.8) is 0 Å². The van der Waals surface area contributed by atoms with Crippen LogP contribution in [0.5, 0.6) is 0 Å². The predicted octanol–water partition coefficient (Wildman–Crippen LogP) is 2.49. The Labute approximate surface area is 171 Å². The second-order valence-electron chi connectivity index (χ2n) is 6.10. The Kier molecular flexibility index (Phi) is 6.59. The number of hydrogen-bond donors (Lipinski definition) is 3. The SMILES string of the molecule is CCNC(=NCc1nnc2ccccn12)NCC(=O)Nc1cc(Br)ccc1C. The van der Waals surface area contributed by atoms with Gasteiger partial charge in [0.15, 0.2) is 17.4 Å². The average Bonchev–Trinajstić information content (AvgIpc) is 3.10. The van der Waals surface area contributed by atoms with E-state index in [2.05, 4.69) is 47.1 Å². The molecule has 0 atom stereocenters. The summed E-state index contributed by atoms with van der Waals surface area (Å²) in [6, 6.07) is 11.5. The number of benzene rings is 1. The van der Waals surface area contributed by atoms with E-state index >= 15 is 0 Å². The van der Waals surface area contributed by atoms with Crippen LogP contribution >= 0.6 is 15.9 Å². The number of nitrogens with zero attached hydrogens (tertiary/aromatic N) is 4. The molecule has 3 rings (SSSR count). The molecule has 0 saturated heterocycles. The third-order valence-corrected chi connectivity index (χ3v) is 4.49. The predicted molar refractivity (Wildman–Crippen MR) is 113 cm³/mol. The van der Waals surface area contributed by atoms with E-state index in [9.17, 15) is 4.79 Å². The van der Waals surface area contributed by atoms with Crippen molar-refractivity contribution in [3.8, 4) is 0 Å². The fourth-order valence-corrected chi connectivity index (χ4v) is 2.94. The first-order valence-corrected chi connectivity index (χ1v) is 9.73. The van der Waals surface area contributed by atoms with E-state index in [1.807, 2.05) is 60.8 Å². The third kappa shape index (κ3) is 5.07. The van der Waals surface area contributed by atoms with Crippen LogP contribution in [-0.2, 0) is 11.3 Å². The zero-order valence-electron chi connectivity index (χ0n) is 15.7. The van der Waals surface area contributed by atoms with Gasteiger partial charge in [0.2, 0.25) is 5.91 Å². The van der Waals surface area contributed by atoms with Gasteiger partial charge in [-0.2, -0.15) is 0 Å². The maximum absolute atomic E-state index is 12.3. The first-order valence-electron chi connectivity index (χ1n) is 8.93. The molecule has 0 radical (unpaired) electrons. The average molecular weight is 444 g/mol. The van der Waals surface area contributed by atoms with Crippen molar-refractivity contribution in [2.24, 2.45) is 4.99 Å². The van der Waals surface area contributed by atoms with Crippen LogP contribution in [0, 0.1) is 6.92 Å². The monoisotopic (exact) mass is 443 g/mol. The summed E-state index contributed by atoms with van der Waals surface area (Å²) in [6.45, 7) is 5.03. The van der Waals surface area contributed by atoms with Crippen molar-refractivity contribution in [2.45, 2.75) is 20.4 Å². The lowest BCUT2D eigenvalue weighted by Crippen LogP contribution is -2.41. The Morgan fingerprint density at radius 1 is 1.21 bits per heavy atom. The van der Waals surface area contributed by atoms with Crippen molar-refractivity contribution in [1.82, 2.24) is 25.2 Å². The van der Waals surface area contributed by atoms with Crippen molar-refractivity contribution < 1.29 is 4.79 Å². The normalized spacial score (nSPS) is 11.5. The molecule has 3 N–H and O–H groups in total. The highest BCUT2D eigenvalue weighted by Gasteiger charge is 2.08. The molecule has 8 nitrogen and oxygen atoms in total. The topological polar surface area (TPSA) is 95.7 Å². The summed E-state index contributed by atoms with van der Waals surface area (Å²) in [6.07, 6.45) is 1.90. The van der Waals surface area contributed by atoms with Gasteiger partial charge < -0.3 is 16.0 Å². The first-order chi connectivity index (χ1) is 13.6. The number of nitrogens with one attached hydrogen (secondary N) is 3. The van der Waals surface area contributed by atoms with Crippen molar-refractivity contribution in [2.75, 3.05) is 18.4 Å². The number of halogens is 1. The number of guanidine groups is 1. The van der Waals surface area contributed by atoms with Crippen LogP contribution < -0.4 is 16.0 Å². The molecular formula is C19H22BrN7O. The number of rotatable bonds is 6. The summed E-state index contributed by atoms with van der Waals surface area (Å²) < 4.78 is 2.80. The van der Waals surface area contributed by atoms with Gasteiger partial charge in [0.1, 0.15) is 6.54 Å². The minimum atomic E-state index is -0.153. The summed E-state index contributed by atoms with van der Waals surface area (Å²) in [5, 5.41) is 17.3. The van der Waals surface area contributed by atoms with Crippen LogP contribution in [0.1, 0.15) is 18.3 Å². The largest absolute Gasteiger partial charge is 0.357 e. The first kappa shape index (κ1) is 19.8. The number of aromatic nitrogens is 3. The minimum Gasteiger partial charge on any atom is -0.357 e. The molecule has 0 bridgehead atoms. The lowest BCUT2D eigenvalue weighted by molar-refractivity contribution is -0.115. The molecule has 3 aromatic rings. The Morgan fingerprint density at radius 3 is 2.89 bits per heavy atom. The summed E-state index contributed by atoms with van der Waals surface area (Å²) in [4.78, 5) is 16.8. The molecule has 2 heterocycles. The van der Waals surface area contributed by atoms with Gasteiger partial charge in [0.05, 0.1) is 6.54 Å². The summed E-state index contributed by atoms with van der Waals surface area (Å²) in [5.41, 5.74) is 2.54. The van der Waals surface area contributed by atoms with Gasteiger partial charge in [-0.1, -0.05) is 28.1 Å². The van der Waals surface area contributed by atoms with Gasteiger partial charge in [-0.05, 0) is 43.7 Å². The minimum absolute atomic E-state index is 0.0956. The van der Waals surface area contributed by atoms with Gasteiger partial charge in [-0.15, -0.1) is 10.2 Å². The van der Waals surface area contributed by atoms with E-state index < -0.39 is 0 Å². The maximum Gasteiger partial charge on any atom is 0.243 e. The fraction of sp³-hybridized carbons (Fsp3) is 0.263. The Balaban J connectivity index is 1.61. The van der Waals surface area contributed by atoms with Crippen LogP contribution in [0.2, 0.25) is 0 Å². The van der Waals surface area contributed by atoms with E-state index in [0.717, 1.165) is 27.2 Å². The van der Waals surface area contributed by atoms with Crippen LogP contribution in [0.4, 0.5) is 5.69 Å². The summed E-state index contributed by atoms with van der Waals surface area (Å²) >= 11 is 3.42. The number of carbonyl (C=O) groups is 1. The molecule has 28 heavy (non-hydrogen) atoms. The van der Waals surface area contributed by atoms with Gasteiger partial charge in [0.25, 0.3) is 0 Å². The number of hydrogen-bond acceptors (Lipinski definition) is 4. The van der Waals surface area contributed by atoms with E-state index in [1.54, 1.807) is 0 Å². The second-order valence-corrected chi connectivity index (χ2v) is 7.02. The summed E-state index contributed by atoms with van der Waals surface area (Å²) in [5.74, 6) is 1.11. The quantitative estimate of drug-likeness (QED) is 0.401.